The Hall–Kier alpha value is -1.28. The summed E-state index contributed by atoms with van der Waals surface area (Å²) in [6, 6.07) is 10.3. The van der Waals surface area contributed by atoms with Crippen molar-refractivity contribution in [2.24, 2.45) is 0 Å². The van der Waals surface area contributed by atoms with E-state index >= 15 is 0 Å². The van der Waals surface area contributed by atoms with E-state index in [1.165, 1.54) is 5.56 Å². The minimum absolute atomic E-state index is 1.16. The quantitative estimate of drug-likeness (QED) is 0.691. The van der Waals surface area contributed by atoms with Gasteiger partial charge in [-0.2, -0.15) is 0 Å². The van der Waals surface area contributed by atoms with Gasteiger partial charge in [0, 0.05) is 19.8 Å². The maximum atomic E-state index is 3.16. The van der Waals surface area contributed by atoms with E-state index in [1.54, 1.807) is 0 Å². The third-order valence-corrected chi connectivity index (χ3v) is 2.01. The van der Waals surface area contributed by atoms with E-state index in [0.29, 0.717) is 0 Å². The van der Waals surface area contributed by atoms with Crippen LogP contribution in [-0.4, -0.2) is 38.0 Å². The Bertz CT molecular complexity index is 313. The van der Waals surface area contributed by atoms with Gasteiger partial charge in [0.1, 0.15) is 0 Å². The molecule has 1 aromatic rings. The molecule has 0 unspecified atom stereocenters. The maximum absolute atomic E-state index is 3.16. The Balaban J connectivity index is 2.89. The summed E-state index contributed by atoms with van der Waals surface area (Å²) in [6.45, 7) is 3.16. The zero-order valence-electron chi connectivity index (χ0n) is 9.86. The van der Waals surface area contributed by atoms with Crippen LogP contribution in [0.2, 0.25) is 0 Å². The van der Waals surface area contributed by atoms with Gasteiger partial charge in [0.05, 0.1) is 6.54 Å². The molecule has 0 fully saturated rings. The van der Waals surface area contributed by atoms with Gasteiger partial charge in [0.2, 0.25) is 0 Å². The fourth-order valence-electron chi connectivity index (χ4n) is 1.27. The molecular formula is C13H18N2. The van der Waals surface area contributed by atoms with Crippen molar-refractivity contribution in [1.29, 1.82) is 0 Å². The SMILES string of the molecule is CN(C)[C]/C=C(/c1ccccc1)N(C)C. The van der Waals surface area contributed by atoms with Crippen LogP contribution in [-0.2, 0) is 0 Å². The van der Waals surface area contributed by atoms with E-state index in [9.17, 15) is 0 Å². The van der Waals surface area contributed by atoms with E-state index in [0.717, 1.165) is 5.70 Å². The molecule has 1 rings (SSSR count). The molecule has 0 spiro atoms. The minimum Gasteiger partial charge on any atom is -0.377 e. The van der Waals surface area contributed by atoms with Gasteiger partial charge in [0.25, 0.3) is 0 Å². The number of hydrogen-bond donors (Lipinski definition) is 0. The number of rotatable bonds is 4. The highest BCUT2D eigenvalue weighted by Crippen LogP contribution is 2.16. The van der Waals surface area contributed by atoms with Gasteiger partial charge in [-0.1, -0.05) is 30.3 Å². The smallest absolute Gasteiger partial charge is 0.0900 e. The largest absolute Gasteiger partial charge is 0.377 e. The van der Waals surface area contributed by atoms with Crippen molar-refractivity contribution in [2.75, 3.05) is 28.2 Å². The van der Waals surface area contributed by atoms with Crippen LogP contribution in [0.15, 0.2) is 36.4 Å². The lowest BCUT2D eigenvalue weighted by Crippen LogP contribution is -2.12. The van der Waals surface area contributed by atoms with Crippen molar-refractivity contribution < 1.29 is 0 Å². The van der Waals surface area contributed by atoms with Crippen LogP contribution >= 0.6 is 0 Å². The average Bonchev–Trinajstić information content (AvgIpc) is 2.18. The van der Waals surface area contributed by atoms with E-state index in [1.807, 2.05) is 57.4 Å². The molecule has 2 radical (unpaired) electrons. The predicted octanol–water partition coefficient (Wildman–Crippen LogP) is 2.19. The summed E-state index contributed by atoms with van der Waals surface area (Å²) in [5, 5.41) is 0. The first-order chi connectivity index (χ1) is 7.11. The Kier molecular flexibility index (Phi) is 4.37. The molecule has 0 saturated heterocycles. The maximum Gasteiger partial charge on any atom is 0.0900 e. The summed E-state index contributed by atoms with van der Waals surface area (Å²) in [5.41, 5.74) is 2.36. The Morgan fingerprint density at radius 1 is 1.07 bits per heavy atom. The van der Waals surface area contributed by atoms with Crippen LogP contribution in [0.1, 0.15) is 5.56 Å². The monoisotopic (exact) mass is 202 g/mol. The lowest BCUT2D eigenvalue weighted by molar-refractivity contribution is 0.517. The number of nitrogens with zero attached hydrogens (tertiary/aromatic N) is 2. The molecule has 0 atom stereocenters. The highest BCUT2D eigenvalue weighted by atomic mass is 15.1. The standard InChI is InChI=1S/C13H18N2/c1-14(2)11-10-13(15(3)4)12-8-6-5-7-9-12/h5-10H,1-4H3/b13-10-. The molecule has 2 nitrogen and oxygen atoms in total. The Morgan fingerprint density at radius 2 is 1.67 bits per heavy atom. The summed E-state index contributed by atoms with van der Waals surface area (Å²) in [5.74, 6) is 0. The zero-order valence-corrected chi connectivity index (χ0v) is 9.86. The van der Waals surface area contributed by atoms with Gasteiger partial charge in [0.15, 0.2) is 0 Å². The van der Waals surface area contributed by atoms with Crippen molar-refractivity contribution >= 4 is 5.70 Å². The second-order valence-electron chi connectivity index (χ2n) is 3.81. The highest BCUT2D eigenvalue weighted by molar-refractivity contribution is 5.64. The lowest BCUT2D eigenvalue weighted by Gasteiger charge is -2.18. The van der Waals surface area contributed by atoms with Crippen LogP contribution < -0.4 is 0 Å². The molecule has 2 heteroatoms. The summed E-state index contributed by atoms with van der Waals surface area (Å²) in [7, 11) is 8.01. The summed E-state index contributed by atoms with van der Waals surface area (Å²) in [6.07, 6.45) is 2.00. The normalized spacial score (nSPS) is 11.9. The lowest BCUT2D eigenvalue weighted by atomic mass is 10.1. The number of benzene rings is 1. The van der Waals surface area contributed by atoms with E-state index in [2.05, 4.69) is 23.6 Å². The second kappa shape index (κ2) is 5.56. The molecular weight excluding hydrogens is 184 g/mol. The number of likely N-dealkylation sites (N-methyl/N-ethyl adjacent to an activating group) is 1. The molecule has 0 saturated carbocycles. The second-order valence-corrected chi connectivity index (χ2v) is 3.81. The first kappa shape index (κ1) is 11.8. The van der Waals surface area contributed by atoms with Crippen LogP contribution in [0.3, 0.4) is 0 Å². The fourth-order valence-corrected chi connectivity index (χ4v) is 1.27. The molecule has 0 bridgehead atoms. The summed E-state index contributed by atoms with van der Waals surface area (Å²) in [4.78, 5) is 4.00. The Labute approximate surface area is 92.8 Å². The van der Waals surface area contributed by atoms with Gasteiger partial charge >= 0.3 is 0 Å². The fraction of sp³-hybridized carbons (Fsp3) is 0.308. The first-order valence-corrected chi connectivity index (χ1v) is 4.97. The zero-order chi connectivity index (χ0) is 11.3. The third-order valence-electron chi connectivity index (χ3n) is 2.01. The van der Waals surface area contributed by atoms with Crippen LogP contribution in [0, 0.1) is 6.54 Å². The Morgan fingerprint density at radius 3 is 2.13 bits per heavy atom. The minimum atomic E-state index is 1.16. The molecule has 80 valence electrons. The van der Waals surface area contributed by atoms with Gasteiger partial charge < -0.3 is 4.90 Å². The van der Waals surface area contributed by atoms with Gasteiger partial charge in [-0.05, 0) is 25.7 Å². The van der Waals surface area contributed by atoms with Crippen molar-refractivity contribution in [2.45, 2.75) is 0 Å². The molecule has 0 heterocycles. The van der Waals surface area contributed by atoms with Crippen molar-refractivity contribution in [3.05, 3.63) is 48.5 Å². The molecule has 0 amide bonds. The van der Waals surface area contributed by atoms with Crippen molar-refractivity contribution in [3.63, 3.8) is 0 Å². The van der Waals surface area contributed by atoms with Gasteiger partial charge in [-0.3, -0.25) is 4.90 Å². The first-order valence-electron chi connectivity index (χ1n) is 4.97. The van der Waals surface area contributed by atoms with E-state index in [-0.39, 0.29) is 0 Å². The third kappa shape index (κ3) is 3.76. The molecule has 0 aliphatic rings. The van der Waals surface area contributed by atoms with Crippen molar-refractivity contribution in [3.8, 4) is 0 Å². The van der Waals surface area contributed by atoms with Crippen molar-refractivity contribution in [1.82, 2.24) is 9.80 Å². The molecule has 0 aromatic heterocycles. The van der Waals surface area contributed by atoms with E-state index in [4.69, 9.17) is 0 Å². The van der Waals surface area contributed by atoms with E-state index < -0.39 is 0 Å². The molecule has 0 aliphatic carbocycles. The topological polar surface area (TPSA) is 6.48 Å². The average molecular weight is 202 g/mol. The summed E-state index contributed by atoms with van der Waals surface area (Å²) >= 11 is 0. The highest BCUT2D eigenvalue weighted by Gasteiger charge is 2.02. The van der Waals surface area contributed by atoms with Crippen LogP contribution in [0.4, 0.5) is 0 Å². The molecule has 1 aromatic carbocycles. The van der Waals surface area contributed by atoms with Gasteiger partial charge in [-0.15, -0.1) is 0 Å². The predicted molar refractivity (Wildman–Crippen MR) is 65.0 cm³/mol. The summed E-state index contributed by atoms with van der Waals surface area (Å²) < 4.78 is 0. The number of hydrogen-bond acceptors (Lipinski definition) is 2. The van der Waals surface area contributed by atoms with Gasteiger partial charge in [-0.25, -0.2) is 0 Å². The molecule has 0 aliphatic heterocycles. The molecule has 0 N–H and O–H groups in total. The molecule has 15 heavy (non-hydrogen) atoms. The van der Waals surface area contributed by atoms with Crippen LogP contribution in [0.5, 0.6) is 0 Å². The van der Waals surface area contributed by atoms with Crippen LogP contribution in [0.25, 0.3) is 5.70 Å².